The summed E-state index contributed by atoms with van der Waals surface area (Å²) in [6.07, 6.45) is 0.296. The first-order chi connectivity index (χ1) is 13.2. The molecule has 28 heavy (non-hydrogen) atoms. The first-order valence-corrected chi connectivity index (χ1v) is 9.89. The lowest BCUT2D eigenvalue weighted by Gasteiger charge is -2.27. The number of hydrogen-bond donors (Lipinski definition) is 0. The highest BCUT2D eigenvalue weighted by atomic mass is 32.2. The van der Waals surface area contributed by atoms with Crippen molar-refractivity contribution in [1.29, 1.82) is 0 Å². The second-order valence-electron chi connectivity index (χ2n) is 6.41. The molecule has 2 aromatic rings. The van der Waals surface area contributed by atoms with Crippen LogP contribution >= 0.6 is 0 Å². The number of nitrogens with zero attached hydrogens (tertiary/aromatic N) is 3. The van der Waals surface area contributed by atoms with Gasteiger partial charge in [0.25, 0.3) is 0 Å². The molecule has 1 aliphatic rings. The highest BCUT2D eigenvalue weighted by Gasteiger charge is 2.41. The number of carbonyl (C=O) groups excluding carboxylic acids is 1. The molecule has 2 heterocycles. The topological polar surface area (TPSA) is 83.7 Å². The van der Waals surface area contributed by atoms with Gasteiger partial charge in [0.15, 0.2) is 0 Å². The van der Waals surface area contributed by atoms with Crippen LogP contribution in [0.3, 0.4) is 0 Å². The molecule has 0 bridgehead atoms. The molecule has 152 valence electrons. The molecule has 2 aromatic heterocycles. The van der Waals surface area contributed by atoms with Gasteiger partial charge in [0.05, 0.1) is 19.4 Å². The van der Waals surface area contributed by atoms with Crippen molar-refractivity contribution in [3.63, 3.8) is 0 Å². The molecule has 1 fully saturated rings. The van der Waals surface area contributed by atoms with Crippen molar-refractivity contribution in [3.05, 3.63) is 48.7 Å². The van der Waals surface area contributed by atoms with Gasteiger partial charge in [0.2, 0.25) is 15.9 Å². The van der Waals surface area contributed by atoms with E-state index < -0.39 is 47.8 Å². The average Bonchev–Trinajstić information content (AvgIpc) is 3.34. The lowest BCUT2D eigenvalue weighted by molar-refractivity contribution is -0.163. The number of amides is 1. The standard InChI is InChI=1S/C17H18F3N3O4S/c18-17(19,20)12-22(10-14-3-2-8-27-14)16(24)11-23(13-5-6-13)28(25,26)15-4-1-7-21-9-15/h1-4,7-9,13H,5-6,10-12H2. The van der Waals surface area contributed by atoms with Crippen molar-refractivity contribution in [2.75, 3.05) is 13.1 Å². The van der Waals surface area contributed by atoms with Crippen LogP contribution in [0.5, 0.6) is 0 Å². The summed E-state index contributed by atoms with van der Waals surface area (Å²) in [5, 5.41) is 0. The van der Waals surface area contributed by atoms with Gasteiger partial charge in [-0.25, -0.2) is 8.42 Å². The zero-order valence-corrected chi connectivity index (χ0v) is 15.5. The van der Waals surface area contributed by atoms with Crippen LogP contribution in [0.1, 0.15) is 18.6 Å². The van der Waals surface area contributed by atoms with Gasteiger partial charge in [-0.1, -0.05) is 0 Å². The van der Waals surface area contributed by atoms with E-state index in [-0.39, 0.29) is 10.7 Å². The summed E-state index contributed by atoms with van der Waals surface area (Å²) >= 11 is 0. The third kappa shape index (κ3) is 5.10. The number of aromatic nitrogens is 1. The fraction of sp³-hybridized carbons (Fsp3) is 0.412. The van der Waals surface area contributed by atoms with E-state index >= 15 is 0 Å². The molecule has 0 saturated heterocycles. The van der Waals surface area contributed by atoms with Crippen LogP contribution in [0.25, 0.3) is 0 Å². The van der Waals surface area contributed by atoms with Crippen LogP contribution in [0.2, 0.25) is 0 Å². The summed E-state index contributed by atoms with van der Waals surface area (Å²) in [4.78, 5) is 16.8. The maximum Gasteiger partial charge on any atom is 0.406 e. The van der Waals surface area contributed by atoms with Crippen LogP contribution in [-0.2, 0) is 21.4 Å². The van der Waals surface area contributed by atoms with Crippen molar-refractivity contribution in [3.8, 4) is 0 Å². The van der Waals surface area contributed by atoms with E-state index in [1.165, 1.54) is 36.7 Å². The number of hydrogen-bond acceptors (Lipinski definition) is 5. The van der Waals surface area contributed by atoms with Crippen LogP contribution in [0.15, 0.2) is 52.2 Å². The van der Waals surface area contributed by atoms with Gasteiger partial charge in [0.1, 0.15) is 17.2 Å². The highest BCUT2D eigenvalue weighted by molar-refractivity contribution is 7.89. The predicted octanol–water partition coefficient (Wildman–Crippen LogP) is 2.42. The fourth-order valence-corrected chi connectivity index (χ4v) is 4.28. The lowest BCUT2D eigenvalue weighted by atomic mass is 10.3. The van der Waals surface area contributed by atoms with E-state index in [1.54, 1.807) is 0 Å². The van der Waals surface area contributed by atoms with E-state index in [0.29, 0.717) is 17.7 Å². The van der Waals surface area contributed by atoms with Crippen LogP contribution in [-0.4, -0.2) is 53.8 Å². The Labute approximate surface area is 159 Å². The van der Waals surface area contributed by atoms with Crippen molar-refractivity contribution in [2.45, 2.75) is 36.5 Å². The van der Waals surface area contributed by atoms with Crippen LogP contribution < -0.4 is 0 Å². The van der Waals surface area contributed by atoms with Crippen molar-refractivity contribution >= 4 is 15.9 Å². The number of carbonyl (C=O) groups is 1. The Morgan fingerprint density at radius 3 is 2.54 bits per heavy atom. The molecule has 0 N–H and O–H groups in total. The summed E-state index contributed by atoms with van der Waals surface area (Å²) in [7, 11) is -4.05. The Balaban J connectivity index is 1.81. The Morgan fingerprint density at radius 1 is 1.25 bits per heavy atom. The summed E-state index contributed by atoms with van der Waals surface area (Å²) in [6.45, 7) is -2.59. The van der Waals surface area contributed by atoms with Crippen LogP contribution in [0, 0.1) is 0 Å². The molecular weight excluding hydrogens is 399 g/mol. The van der Waals surface area contributed by atoms with E-state index in [9.17, 15) is 26.4 Å². The Morgan fingerprint density at radius 2 is 2.00 bits per heavy atom. The molecule has 7 nitrogen and oxygen atoms in total. The van der Waals surface area contributed by atoms with Gasteiger partial charge in [-0.15, -0.1) is 0 Å². The molecular formula is C17H18F3N3O4S. The fourth-order valence-electron chi connectivity index (χ4n) is 2.68. The first-order valence-electron chi connectivity index (χ1n) is 8.45. The van der Waals surface area contributed by atoms with Crippen molar-refractivity contribution < 1.29 is 30.8 Å². The minimum absolute atomic E-state index is 0.108. The van der Waals surface area contributed by atoms with E-state index in [1.807, 2.05) is 0 Å². The molecule has 0 atom stereocenters. The maximum absolute atomic E-state index is 12.9. The van der Waals surface area contributed by atoms with Gasteiger partial charge < -0.3 is 9.32 Å². The number of furan rings is 1. The van der Waals surface area contributed by atoms with Crippen molar-refractivity contribution in [1.82, 2.24) is 14.2 Å². The lowest BCUT2D eigenvalue weighted by Crippen LogP contribution is -2.46. The molecule has 0 aliphatic heterocycles. The quantitative estimate of drug-likeness (QED) is 0.659. The first kappa shape index (κ1) is 20.3. The number of sulfonamides is 1. The second-order valence-corrected chi connectivity index (χ2v) is 8.31. The zero-order valence-electron chi connectivity index (χ0n) is 14.7. The predicted molar refractivity (Wildman–Crippen MR) is 91.3 cm³/mol. The minimum atomic E-state index is -4.63. The summed E-state index contributed by atoms with van der Waals surface area (Å²) in [6, 6.07) is 5.30. The summed E-state index contributed by atoms with van der Waals surface area (Å²) in [5.74, 6) is -0.779. The molecule has 1 aliphatic carbocycles. The van der Waals surface area contributed by atoms with Gasteiger partial charge in [-0.3, -0.25) is 9.78 Å². The molecule has 0 aromatic carbocycles. The molecule has 3 rings (SSSR count). The highest BCUT2D eigenvalue weighted by Crippen LogP contribution is 2.32. The Bertz CT molecular complexity index is 897. The number of halogens is 3. The van der Waals surface area contributed by atoms with Gasteiger partial charge in [-0.05, 0) is 37.1 Å². The smallest absolute Gasteiger partial charge is 0.406 e. The molecule has 0 radical (unpaired) electrons. The Hall–Kier alpha value is -2.40. The second kappa shape index (κ2) is 7.92. The largest absolute Gasteiger partial charge is 0.467 e. The Kier molecular flexibility index (Phi) is 5.75. The number of pyridine rings is 1. The summed E-state index contributed by atoms with van der Waals surface area (Å²) in [5.41, 5.74) is 0. The minimum Gasteiger partial charge on any atom is -0.467 e. The van der Waals surface area contributed by atoms with Gasteiger partial charge in [-0.2, -0.15) is 17.5 Å². The van der Waals surface area contributed by atoms with E-state index in [4.69, 9.17) is 4.42 Å². The SMILES string of the molecule is O=C(CN(C1CC1)S(=O)(=O)c1cccnc1)N(Cc1ccco1)CC(F)(F)F. The average molecular weight is 417 g/mol. The molecule has 0 unspecified atom stereocenters. The molecule has 1 saturated carbocycles. The number of alkyl halides is 3. The van der Waals surface area contributed by atoms with Crippen molar-refractivity contribution in [2.24, 2.45) is 0 Å². The zero-order chi connectivity index (χ0) is 20.4. The molecule has 11 heteroatoms. The van der Waals surface area contributed by atoms with Gasteiger partial charge >= 0.3 is 6.18 Å². The third-order valence-corrected chi connectivity index (χ3v) is 6.02. The van der Waals surface area contributed by atoms with E-state index in [2.05, 4.69) is 4.98 Å². The van der Waals surface area contributed by atoms with E-state index in [0.717, 1.165) is 10.5 Å². The van der Waals surface area contributed by atoms with Crippen LogP contribution in [0.4, 0.5) is 13.2 Å². The maximum atomic E-state index is 12.9. The normalized spacial score (nSPS) is 15.0. The molecule has 1 amide bonds. The third-order valence-electron chi connectivity index (χ3n) is 4.14. The monoisotopic (exact) mass is 417 g/mol. The van der Waals surface area contributed by atoms with Gasteiger partial charge in [0, 0.05) is 18.4 Å². The number of rotatable bonds is 8. The summed E-state index contributed by atoms with van der Waals surface area (Å²) < 4.78 is 70.5. The molecule has 0 spiro atoms.